The average molecular weight is 268 g/mol. The second-order valence-corrected chi connectivity index (χ2v) is 5.89. The second kappa shape index (κ2) is 5.94. The third-order valence-electron chi connectivity index (χ3n) is 3.68. The van der Waals surface area contributed by atoms with Crippen molar-refractivity contribution < 1.29 is 4.74 Å². The molecule has 1 N–H and O–H groups in total. The Hall–Kier alpha value is -0.730. The van der Waals surface area contributed by atoms with E-state index in [4.69, 9.17) is 16.3 Å². The van der Waals surface area contributed by atoms with E-state index < -0.39 is 0 Å². The van der Waals surface area contributed by atoms with Crippen LogP contribution in [0.5, 0.6) is 5.75 Å². The first-order chi connectivity index (χ1) is 8.61. The van der Waals surface area contributed by atoms with Crippen molar-refractivity contribution in [3.63, 3.8) is 0 Å². The molecule has 0 amide bonds. The highest BCUT2D eigenvalue weighted by Gasteiger charge is 2.28. The van der Waals surface area contributed by atoms with Crippen LogP contribution in [0.15, 0.2) is 18.2 Å². The Labute approximate surface area is 115 Å². The molecule has 1 aromatic rings. The summed E-state index contributed by atoms with van der Waals surface area (Å²) < 4.78 is 5.21. The fourth-order valence-corrected chi connectivity index (χ4v) is 3.10. The van der Waals surface area contributed by atoms with Crippen LogP contribution in [0.25, 0.3) is 0 Å². The minimum Gasteiger partial charge on any atom is -0.495 e. The maximum atomic E-state index is 6.22. The lowest BCUT2D eigenvalue weighted by Crippen LogP contribution is -2.27. The summed E-state index contributed by atoms with van der Waals surface area (Å²) >= 11 is 6.22. The Morgan fingerprint density at radius 3 is 2.83 bits per heavy atom. The number of hydrogen-bond acceptors (Lipinski definition) is 2. The van der Waals surface area contributed by atoms with E-state index in [1.165, 1.54) is 18.4 Å². The smallest absolute Gasteiger partial charge is 0.137 e. The molecule has 0 aromatic heterocycles. The molecule has 1 saturated heterocycles. The predicted molar refractivity (Wildman–Crippen MR) is 76.6 cm³/mol. The lowest BCUT2D eigenvalue weighted by Gasteiger charge is -2.22. The van der Waals surface area contributed by atoms with Crippen LogP contribution in [0.3, 0.4) is 0 Å². The number of rotatable bonds is 4. The van der Waals surface area contributed by atoms with E-state index in [0.717, 1.165) is 18.2 Å². The van der Waals surface area contributed by atoms with E-state index >= 15 is 0 Å². The number of methoxy groups -OCH3 is 1. The highest BCUT2D eigenvalue weighted by atomic mass is 35.5. The monoisotopic (exact) mass is 267 g/mol. The van der Waals surface area contributed by atoms with Gasteiger partial charge in [0.25, 0.3) is 0 Å². The quantitative estimate of drug-likeness (QED) is 0.895. The van der Waals surface area contributed by atoms with Crippen molar-refractivity contribution in [1.82, 2.24) is 5.32 Å². The van der Waals surface area contributed by atoms with Crippen molar-refractivity contribution in [2.45, 2.75) is 38.6 Å². The summed E-state index contributed by atoms with van der Waals surface area (Å²) in [5.41, 5.74) is 1.33. The lowest BCUT2D eigenvalue weighted by atomic mass is 9.87. The van der Waals surface area contributed by atoms with Crippen LogP contribution in [0, 0.1) is 5.92 Å². The fraction of sp³-hybridized carbons (Fsp3) is 0.600. The van der Waals surface area contributed by atoms with Crippen LogP contribution >= 0.6 is 11.6 Å². The Bertz CT molecular complexity index is 405. The van der Waals surface area contributed by atoms with Gasteiger partial charge in [-0.05, 0) is 43.0 Å². The summed E-state index contributed by atoms with van der Waals surface area (Å²) in [5, 5.41) is 4.32. The minimum absolute atomic E-state index is 0.578. The van der Waals surface area contributed by atoms with Crippen molar-refractivity contribution in [1.29, 1.82) is 0 Å². The standard InChI is InChI=1S/C15H22ClNO/c1-10(2)8-14-12(6-7-17-14)11-4-5-15(18-3)13(16)9-11/h4-5,9-10,12,14,17H,6-8H2,1-3H3. The van der Waals surface area contributed by atoms with Gasteiger partial charge in [-0.15, -0.1) is 0 Å². The van der Waals surface area contributed by atoms with E-state index in [-0.39, 0.29) is 0 Å². The maximum Gasteiger partial charge on any atom is 0.137 e. The van der Waals surface area contributed by atoms with Crippen LogP contribution in [-0.4, -0.2) is 19.7 Å². The summed E-state index contributed by atoms with van der Waals surface area (Å²) in [7, 11) is 1.65. The highest BCUT2D eigenvalue weighted by Crippen LogP contribution is 2.35. The molecule has 2 rings (SSSR count). The zero-order valence-electron chi connectivity index (χ0n) is 11.4. The molecule has 0 spiro atoms. The SMILES string of the molecule is COc1ccc(C2CCNC2CC(C)C)cc1Cl. The van der Waals surface area contributed by atoms with E-state index in [0.29, 0.717) is 17.0 Å². The number of nitrogens with one attached hydrogen (secondary N) is 1. The summed E-state index contributed by atoms with van der Waals surface area (Å²) in [6.07, 6.45) is 2.41. The Morgan fingerprint density at radius 2 is 2.22 bits per heavy atom. The van der Waals surface area contributed by atoms with Crippen LogP contribution in [-0.2, 0) is 0 Å². The molecule has 0 radical (unpaired) electrons. The van der Waals surface area contributed by atoms with Gasteiger partial charge in [0.2, 0.25) is 0 Å². The van der Waals surface area contributed by atoms with Crippen molar-refractivity contribution >= 4 is 11.6 Å². The largest absolute Gasteiger partial charge is 0.495 e. The van der Waals surface area contributed by atoms with Gasteiger partial charge < -0.3 is 10.1 Å². The van der Waals surface area contributed by atoms with E-state index in [2.05, 4.69) is 31.3 Å². The molecule has 1 aromatic carbocycles. The van der Waals surface area contributed by atoms with Crippen molar-refractivity contribution in [2.24, 2.45) is 5.92 Å². The van der Waals surface area contributed by atoms with Gasteiger partial charge in [-0.3, -0.25) is 0 Å². The molecule has 1 fully saturated rings. The molecule has 18 heavy (non-hydrogen) atoms. The normalized spacial score (nSPS) is 23.6. The summed E-state index contributed by atoms with van der Waals surface area (Å²) in [5.74, 6) is 2.06. The first-order valence-corrected chi connectivity index (χ1v) is 7.06. The number of ether oxygens (including phenoxy) is 1. The number of hydrogen-bond donors (Lipinski definition) is 1. The summed E-state index contributed by atoms with van der Waals surface area (Å²) in [6.45, 7) is 5.65. The van der Waals surface area contributed by atoms with E-state index in [9.17, 15) is 0 Å². The molecule has 2 unspecified atom stereocenters. The Morgan fingerprint density at radius 1 is 1.44 bits per heavy atom. The van der Waals surface area contributed by atoms with Gasteiger partial charge in [-0.25, -0.2) is 0 Å². The first-order valence-electron chi connectivity index (χ1n) is 6.68. The lowest BCUT2D eigenvalue weighted by molar-refractivity contribution is 0.413. The zero-order valence-corrected chi connectivity index (χ0v) is 12.1. The molecule has 2 nitrogen and oxygen atoms in total. The summed E-state index contributed by atoms with van der Waals surface area (Å²) in [6, 6.07) is 6.76. The third-order valence-corrected chi connectivity index (χ3v) is 3.97. The van der Waals surface area contributed by atoms with E-state index in [1.54, 1.807) is 7.11 Å². The van der Waals surface area contributed by atoms with Crippen molar-refractivity contribution in [3.05, 3.63) is 28.8 Å². The number of benzene rings is 1. The molecular formula is C15H22ClNO. The van der Waals surface area contributed by atoms with Gasteiger partial charge in [0, 0.05) is 12.0 Å². The zero-order chi connectivity index (χ0) is 13.1. The van der Waals surface area contributed by atoms with Gasteiger partial charge in [0.15, 0.2) is 0 Å². The van der Waals surface area contributed by atoms with E-state index in [1.807, 2.05) is 6.07 Å². The molecule has 1 aliphatic rings. The first kappa shape index (κ1) is 13.7. The highest BCUT2D eigenvalue weighted by molar-refractivity contribution is 6.32. The molecule has 1 aliphatic heterocycles. The maximum absolute atomic E-state index is 6.22. The van der Waals surface area contributed by atoms with Crippen LogP contribution in [0.2, 0.25) is 5.02 Å². The van der Waals surface area contributed by atoms with Crippen molar-refractivity contribution in [2.75, 3.05) is 13.7 Å². The van der Waals surface area contributed by atoms with Gasteiger partial charge in [-0.1, -0.05) is 31.5 Å². The average Bonchev–Trinajstić information content (AvgIpc) is 2.76. The van der Waals surface area contributed by atoms with Gasteiger partial charge in [0.1, 0.15) is 5.75 Å². The molecule has 0 saturated carbocycles. The molecular weight excluding hydrogens is 246 g/mol. The van der Waals surface area contributed by atoms with Crippen LogP contribution in [0.1, 0.15) is 38.2 Å². The van der Waals surface area contributed by atoms with Crippen LogP contribution < -0.4 is 10.1 Å². The minimum atomic E-state index is 0.578. The van der Waals surface area contributed by atoms with Gasteiger partial charge in [0.05, 0.1) is 12.1 Å². The van der Waals surface area contributed by atoms with Gasteiger partial charge >= 0.3 is 0 Å². The topological polar surface area (TPSA) is 21.3 Å². The molecule has 100 valence electrons. The second-order valence-electron chi connectivity index (χ2n) is 5.48. The molecule has 2 atom stereocenters. The third kappa shape index (κ3) is 2.99. The molecule has 3 heteroatoms. The van der Waals surface area contributed by atoms with Gasteiger partial charge in [-0.2, -0.15) is 0 Å². The van der Waals surface area contributed by atoms with Crippen molar-refractivity contribution in [3.8, 4) is 5.75 Å². The molecule has 0 bridgehead atoms. The predicted octanol–water partition coefficient (Wildman–Crippen LogP) is 3.84. The summed E-state index contributed by atoms with van der Waals surface area (Å²) in [4.78, 5) is 0. The molecule has 0 aliphatic carbocycles. The Balaban J connectivity index is 2.17. The number of halogens is 1. The fourth-order valence-electron chi connectivity index (χ4n) is 2.84. The van der Waals surface area contributed by atoms with Crippen LogP contribution in [0.4, 0.5) is 0 Å². The Kier molecular flexibility index (Phi) is 4.52. The molecule has 1 heterocycles.